The van der Waals surface area contributed by atoms with Gasteiger partial charge in [0.05, 0.1) is 6.20 Å². The minimum absolute atomic E-state index is 0.437. The van der Waals surface area contributed by atoms with Crippen LogP contribution in [0.15, 0.2) is 30.5 Å². The van der Waals surface area contributed by atoms with Gasteiger partial charge >= 0.3 is 0 Å². The van der Waals surface area contributed by atoms with Crippen LogP contribution in [0.25, 0.3) is 15.5 Å². The first-order valence-electron chi connectivity index (χ1n) is 5.05. The summed E-state index contributed by atoms with van der Waals surface area (Å²) in [7, 11) is 0. The lowest BCUT2D eigenvalue weighted by atomic mass is 10.1. The third-order valence-corrected chi connectivity index (χ3v) is 3.90. The van der Waals surface area contributed by atoms with Gasteiger partial charge in [-0.15, -0.1) is 0 Å². The number of halogens is 1. The fourth-order valence-electron chi connectivity index (χ4n) is 1.60. The number of hydrogen-bond acceptors (Lipinski definition) is 4. The molecule has 0 aliphatic heterocycles. The van der Waals surface area contributed by atoms with Crippen LogP contribution >= 0.6 is 33.9 Å². The molecule has 1 amide bonds. The van der Waals surface area contributed by atoms with E-state index in [1.54, 1.807) is 22.7 Å². The van der Waals surface area contributed by atoms with Crippen molar-refractivity contribution in [2.24, 2.45) is 5.73 Å². The van der Waals surface area contributed by atoms with E-state index in [0.717, 1.165) is 19.2 Å². The average molecular weight is 370 g/mol. The Hall–Kier alpha value is -1.48. The molecule has 1 aromatic carbocycles. The average Bonchev–Trinajstić information content (AvgIpc) is 2.86. The molecule has 90 valence electrons. The second kappa shape index (κ2) is 4.32. The van der Waals surface area contributed by atoms with Crippen LogP contribution in [0.3, 0.4) is 0 Å². The summed E-state index contributed by atoms with van der Waals surface area (Å²) in [6.45, 7) is 0. The summed E-state index contributed by atoms with van der Waals surface area (Å²) in [6, 6.07) is 7.12. The summed E-state index contributed by atoms with van der Waals surface area (Å²) in [6.07, 6.45) is 1.85. The standard InChI is InChI=1S/C11H7IN4OS/c12-8-5-16-11(14-8)18-10(15-16)7-3-1-2-6(4-7)9(13)17/h1-5H,(H2,13,17). The van der Waals surface area contributed by atoms with Gasteiger partial charge < -0.3 is 5.73 Å². The van der Waals surface area contributed by atoms with Crippen molar-refractivity contribution in [1.82, 2.24) is 14.6 Å². The van der Waals surface area contributed by atoms with Crippen LogP contribution in [0.1, 0.15) is 10.4 Å². The first-order chi connectivity index (χ1) is 8.63. The Kier molecular flexibility index (Phi) is 2.78. The molecule has 2 heterocycles. The van der Waals surface area contributed by atoms with Crippen molar-refractivity contribution >= 4 is 44.8 Å². The second-order valence-electron chi connectivity index (χ2n) is 3.64. The van der Waals surface area contributed by atoms with Crippen molar-refractivity contribution < 1.29 is 4.79 Å². The molecule has 3 aromatic rings. The van der Waals surface area contributed by atoms with Crippen molar-refractivity contribution in [3.05, 3.63) is 39.7 Å². The quantitative estimate of drug-likeness (QED) is 0.703. The Morgan fingerprint density at radius 2 is 2.28 bits per heavy atom. The predicted molar refractivity (Wildman–Crippen MR) is 77.5 cm³/mol. The van der Waals surface area contributed by atoms with Gasteiger partial charge in [0.1, 0.15) is 8.71 Å². The van der Waals surface area contributed by atoms with E-state index in [2.05, 4.69) is 32.7 Å². The third-order valence-electron chi connectivity index (χ3n) is 2.41. The van der Waals surface area contributed by atoms with Gasteiger partial charge in [0.15, 0.2) is 0 Å². The molecule has 7 heteroatoms. The van der Waals surface area contributed by atoms with E-state index < -0.39 is 5.91 Å². The van der Waals surface area contributed by atoms with Crippen LogP contribution in [0.5, 0.6) is 0 Å². The number of carbonyl (C=O) groups is 1. The maximum Gasteiger partial charge on any atom is 0.248 e. The van der Waals surface area contributed by atoms with Crippen LogP contribution in [0.2, 0.25) is 0 Å². The van der Waals surface area contributed by atoms with Crippen molar-refractivity contribution in [3.8, 4) is 10.6 Å². The summed E-state index contributed by atoms with van der Waals surface area (Å²) in [4.78, 5) is 16.3. The van der Waals surface area contributed by atoms with Crippen molar-refractivity contribution in [3.63, 3.8) is 0 Å². The molecule has 3 rings (SSSR count). The van der Waals surface area contributed by atoms with Crippen molar-refractivity contribution in [1.29, 1.82) is 0 Å². The monoisotopic (exact) mass is 370 g/mol. The van der Waals surface area contributed by atoms with Crippen LogP contribution in [-0.4, -0.2) is 20.5 Å². The third kappa shape index (κ3) is 1.99. The van der Waals surface area contributed by atoms with Gasteiger partial charge in [-0.05, 0) is 34.7 Å². The minimum atomic E-state index is -0.437. The number of nitrogens with zero attached hydrogens (tertiary/aromatic N) is 3. The predicted octanol–water partition coefficient (Wildman–Crippen LogP) is 2.16. The Morgan fingerprint density at radius 1 is 1.44 bits per heavy atom. The van der Waals surface area contributed by atoms with Crippen molar-refractivity contribution in [2.45, 2.75) is 0 Å². The molecule has 5 nitrogen and oxygen atoms in total. The lowest BCUT2D eigenvalue weighted by molar-refractivity contribution is 0.100. The molecular weight excluding hydrogens is 363 g/mol. The lowest BCUT2D eigenvalue weighted by Crippen LogP contribution is -2.10. The summed E-state index contributed by atoms with van der Waals surface area (Å²) in [5, 5.41) is 5.24. The van der Waals surface area contributed by atoms with Crippen LogP contribution in [-0.2, 0) is 0 Å². The number of primary amides is 1. The minimum Gasteiger partial charge on any atom is -0.366 e. The fraction of sp³-hybridized carbons (Fsp3) is 0. The van der Waals surface area contributed by atoms with E-state index >= 15 is 0 Å². The van der Waals surface area contributed by atoms with E-state index in [9.17, 15) is 4.79 Å². The highest BCUT2D eigenvalue weighted by Crippen LogP contribution is 2.26. The molecule has 0 spiro atoms. The highest BCUT2D eigenvalue weighted by atomic mass is 127. The molecule has 2 N–H and O–H groups in total. The Morgan fingerprint density at radius 3 is 3.00 bits per heavy atom. The van der Waals surface area contributed by atoms with Gasteiger partial charge in [-0.3, -0.25) is 4.79 Å². The van der Waals surface area contributed by atoms with Crippen LogP contribution in [0.4, 0.5) is 0 Å². The number of benzene rings is 1. The Bertz CT molecular complexity index is 717. The molecule has 0 aliphatic carbocycles. The van der Waals surface area contributed by atoms with Gasteiger partial charge in [-0.25, -0.2) is 9.50 Å². The number of fused-ring (bicyclic) bond motifs is 1. The molecule has 0 fully saturated rings. The maximum absolute atomic E-state index is 11.1. The smallest absolute Gasteiger partial charge is 0.248 e. The number of nitrogens with two attached hydrogens (primary N) is 1. The van der Waals surface area contributed by atoms with E-state index in [1.165, 1.54) is 11.3 Å². The Labute approximate surface area is 120 Å². The number of carbonyl (C=O) groups excluding carboxylic acids is 1. The van der Waals surface area contributed by atoms with Gasteiger partial charge in [0.2, 0.25) is 10.9 Å². The molecule has 0 bridgehead atoms. The molecule has 0 saturated heterocycles. The zero-order chi connectivity index (χ0) is 12.7. The largest absolute Gasteiger partial charge is 0.366 e. The summed E-state index contributed by atoms with van der Waals surface area (Å²) in [5.74, 6) is -0.437. The molecule has 0 saturated carbocycles. The normalized spacial score (nSPS) is 10.9. The second-order valence-corrected chi connectivity index (χ2v) is 5.70. The van der Waals surface area contributed by atoms with Gasteiger partial charge in [0.25, 0.3) is 0 Å². The Balaban J connectivity index is 2.10. The highest BCUT2D eigenvalue weighted by Gasteiger charge is 2.10. The van der Waals surface area contributed by atoms with Crippen LogP contribution < -0.4 is 5.73 Å². The number of rotatable bonds is 2. The summed E-state index contributed by atoms with van der Waals surface area (Å²) in [5.41, 5.74) is 6.61. The number of imidazole rings is 1. The van der Waals surface area contributed by atoms with Crippen molar-refractivity contribution in [2.75, 3.05) is 0 Å². The fourth-order valence-corrected chi connectivity index (χ4v) is 3.13. The first kappa shape index (κ1) is 11.6. The van der Waals surface area contributed by atoms with Gasteiger partial charge in [-0.1, -0.05) is 23.5 Å². The van der Waals surface area contributed by atoms with Gasteiger partial charge in [-0.2, -0.15) is 5.10 Å². The molecule has 18 heavy (non-hydrogen) atoms. The molecule has 0 atom stereocenters. The molecule has 2 aromatic heterocycles. The van der Waals surface area contributed by atoms with E-state index in [1.807, 2.05) is 12.3 Å². The number of hydrogen-bond donors (Lipinski definition) is 1. The molecule has 0 unspecified atom stereocenters. The summed E-state index contributed by atoms with van der Waals surface area (Å²) < 4.78 is 2.64. The zero-order valence-electron chi connectivity index (χ0n) is 9.00. The molecule has 0 aliphatic rings. The van der Waals surface area contributed by atoms with E-state index in [-0.39, 0.29) is 0 Å². The van der Waals surface area contributed by atoms with E-state index in [0.29, 0.717) is 5.56 Å². The zero-order valence-corrected chi connectivity index (χ0v) is 12.0. The number of amides is 1. The summed E-state index contributed by atoms with van der Waals surface area (Å²) >= 11 is 3.62. The molecule has 0 radical (unpaired) electrons. The lowest BCUT2D eigenvalue weighted by Gasteiger charge is -1.98. The topological polar surface area (TPSA) is 73.3 Å². The maximum atomic E-state index is 11.1. The number of aromatic nitrogens is 3. The highest BCUT2D eigenvalue weighted by molar-refractivity contribution is 14.1. The van der Waals surface area contributed by atoms with Gasteiger partial charge in [0, 0.05) is 11.1 Å². The molecular formula is C11H7IN4OS. The SMILES string of the molecule is NC(=O)c1cccc(-c2nn3cc(I)nc3s2)c1. The van der Waals surface area contributed by atoms with E-state index in [4.69, 9.17) is 5.73 Å². The van der Waals surface area contributed by atoms with Crippen LogP contribution in [0, 0.1) is 3.70 Å². The first-order valence-corrected chi connectivity index (χ1v) is 6.95.